The van der Waals surface area contributed by atoms with Gasteiger partial charge in [-0.3, -0.25) is 9.59 Å². The lowest BCUT2D eigenvalue weighted by atomic mass is 10.1. The molecule has 2 heterocycles. The SMILES string of the molecule is CCCCNC(=O)CCc1c(C)n(CC)c2cc(-c3ccccc3OC)nn2c1=O. The van der Waals surface area contributed by atoms with Crippen molar-refractivity contribution in [1.29, 1.82) is 0 Å². The zero-order chi connectivity index (χ0) is 21.7. The second kappa shape index (κ2) is 9.61. The molecule has 1 amide bonds. The van der Waals surface area contributed by atoms with Crippen LogP contribution in [0.25, 0.3) is 16.9 Å². The van der Waals surface area contributed by atoms with Gasteiger partial charge in [0.1, 0.15) is 11.4 Å². The molecule has 0 radical (unpaired) electrons. The van der Waals surface area contributed by atoms with Crippen molar-refractivity contribution >= 4 is 11.6 Å². The van der Waals surface area contributed by atoms with Crippen LogP contribution < -0.4 is 15.6 Å². The van der Waals surface area contributed by atoms with E-state index in [4.69, 9.17) is 4.74 Å². The number of aryl methyl sites for hydroxylation is 1. The fourth-order valence-electron chi connectivity index (χ4n) is 3.74. The molecule has 0 saturated heterocycles. The molecule has 0 aliphatic heterocycles. The number of amides is 1. The number of carbonyl (C=O) groups is 1. The van der Waals surface area contributed by atoms with Gasteiger partial charge in [0.25, 0.3) is 5.56 Å². The Morgan fingerprint density at radius 3 is 2.70 bits per heavy atom. The maximum atomic E-state index is 13.2. The fraction of sp³-hybridized carbons (Fsp3) is 0.435. The number of ether oxygens (including phenoxy) is 1. The second-order valence-corrected chi connectivity index (χ2v) is 7.32. The fourth-order valence-corrected chi connectivity index (χ4v) is 3.74. The average Bonchev–Trinajstić information content (AvgIpc) is 3.19. The third-order valence-electron chi connectivity index (χ3n) is 5.41. The van der Waals surface area contributed by atoms with Crippen LogP contribution in [0.2, 0.25) is 0 Å². The predicted molar refractivity (Wildman–Crippen MR) is 118 cm³/mol. The van der Waals surface area contributed by atoms with Crippen LogP contribution in [-0.4, -0.2) is 33.7 Å². The molecule has 2 aromatic heterocycles. The molecule has 30 heavy (non-hydrogen) atoms. The van der Waals surface area contributed by atoms with E-state index in [0.29, 0.717) is 36.5 Å². The number of rotatable bonds is 9. The number of fused-ring (bicyclic) bond motifs is 1. The molecular formula is C23H30N4O3. The Kier molecular flexibility index (Phi) is 6.92. The van der Waals surface area contributed by atoms with Crippen LogP contribution >= 0.6 is 0 Å². The van der Waals surface area contributed by atoms with Crippen LogP contribution in [0.5, 0.6) is 5.75 Å². The number of carbonyl (C=O) groups excluding carboxylic acids is 1. The van der Waals surface area contributed by atoms with Crippen LogP contribution in [0, 0.1) is 6.92 Å². The lowest BCUT2D eigenvalue weighted by Gasteiger charge is -2.14. The molecule has 0 aliphatic carbocycles. The summed E-state index contributed by atoms with van der Waals surface area (Å²) in [6.07, 6.45) is 2.67. The highest BCUT2D eigenvalue weighted by atomic mass is 16.5. The minimum absolute atomic E-state index is 0.0272. The van der Waals surface area contributed by atoms with Gasteiger partial charge in [-0.1, -0.05) is 25.5 Å². The topological polar surface area (TPSA) is 77.6 Å². The maximum absolute atomic E-state index is 13.2. The Bertz CT molecular complexity index is 1100. The van der Waals surface area contributed by atoms with Crippen LogP contribution in [0.15, 0.2) is 35.1 Å². The number of para-hydroxylation sites is 1. The van der Waals surface area contributed by atoms with E-state index < -0.39 is 0 Å². The Balaban J connectivity index is 2.00. The van der Waals surface area contributed by atoms with E-state index in [1.807, 2.05) is 44.2 Å². The van der Waals surface area contributed by atoms with Gasteiger partial charge in [-0.05, 0) is 38.8 Å². The number of methoxy groups -OCH3 is 1. The summed E-state index contributed by atoms with van der Waals surface area (Å²) < 4.78 is 8.97. The highest BCUT2D eigenvalue weighted by Crippen LogP contribution is 2.29. The van der Waals surface area contributed by atoms with E-state index in [0.717, 1.165) is 29.7 Å². The molecule has 3 aromatic rings. The van der Waals surface area contributed by atoms with Gasteiger partial charge in [-0.15, -0.1) is 0 Å². The summed E-state index contributed by atoms with van der Waals surface area (Å²) in [5, 5.41) is 7.50. The van der Waals surface area contributed by atoms with Gasteiger partial charge in [0.2, 0.25) is 5.91 Å². The minimum atomic E-state index is -0.172. The van der Waals surface area contributed by atoms with Crippen LogP contribution in [0.1, 0.15) is 44.4 Å². The molecule has 0 atom stereocenters. The van der Waals surface area contributed by atoms with Gasteiger partial charge in [-0.25, -0.2) is 0 Å². The van der Waals surface area contributed by atoms with Crippen molar-refractivity contribution in [2.75, 3.05) is 13.7 Å². The molecule has 160 valence electrons. The molecule has 3 rings (SSSR count). The van der Waals surface area contributed by atoms with Gasteiger partial charge in [0, 0.05) is 42.4 Å². The number of benzene rings is 1. The Morgan fingerprint density at radius 1 is 1.23 bits per heavy atom. The first-order valence-corrected chi connectivity index (χ1v) is 10.5. The van der Waals surface area contributed by atoms with E-state index in [1.54, 1.807) is 7.11 Å². The number of nitrogens with one attached hydrogen (secondary N) is 1. The van der Waals surface area contributed by atoms with E-state index in [9.17, 15) is 9.59 Å². The first-order chi connectivity index (χ1) is 14.5. The van der Waals surface area contributed by atoms with Gasteiger partial charge in [-0.2, -0.15) is 9.61 Å². The Morgan fingerprint density at radius 2 is 2.00 bits per heavy atom. The monoisotopic (exact) mass is 410 g/mol. The number of aromatic nitrogens is 3. The summed E-state index contributed by atoms with van der Waals surface area (Å²) in [5.41, 5.74) is 3.58. The molecule has 0 fully saturated rings. The summed E-state index contributed by atoms with van der Waals surface area (Å²) in [7, 11) is 1.62. The summed E-state index contributed by atoms with van der Waals surface area (Å²) in [5.74, 6) is 0.678. The molecule has 0 saturated carbocycles. The predicted octanol–water partition coefficient (Wildman–Crippen LogP) is 3.35. The molecule has 7 heteroatoms. The third kappa shape index (κ3) is 4.25. The molecule has 0 unspecified atom stereocenters. The molecule has 0 spiro atoms. The third-order valence-corrected chi connectivity index (χ3v) is 5.41. The summed E-state index contributed by atoms with van der Waals surface area (Å²) in [6, 6.07) is 9.53. The number of nitrogens with zero attached hydrogens (tertiary/aromatic N) is 3. The summed E-state index contributed by atoms with van der Waals surface area (Å²) in [6.45, 7) is 7.43. The lowest BCUT2D eigenvalue weighted by molar-refractivity contribution is -0.121. The summed E-state index contributed by atoms with van der Waals surface area (Å²) >= 11 is 0. The maximum Gasteiger partial charge on any atom is 0.277 e. The first kappa shape index (κ1) is 21.6. The van der Waals surface area contributed by atoms with Gasteiger partial charge in [0.05, 0.1) is 12.8 Å². The van der Waals surface area contributed by atoms with Crippen LogP contribution in [-0.2, 0) is 17.8 Å². The van der Waals surface area contributed by atoms with E-state index in [2.05, 4.69) is 21.9 Å². The second-order valence-electron chi connectivity index (χ2n) is 7.32. The van der Waals surface area contributed by atoms with Gasteiger partial charge < -0.3 is 14.6 Å². The van der Waals surface area contributed by atoms with E-state index >= 15 is 0 Å². The molecule has 7 nitrogen and oxygen atoms in total. The largest absolute Gasteiger partial charge is 0.496 e. The molecule has 0 bridgehead atoms. The molecule has 1 aromatic carbocycles. The van der Waals surface area contributed by atoms with E-state index in [1.165, 1.54) is 4.52 Å². The van der Waals surface area contributed by atoms with Crippen LogP contribution in [0.4, 0.5) is 0 Å². The van der Waals surface area contributed by atoms with Crippen LogP contribution in [0.3, 0.4) is 0 Å². The Labute approximate surface area is 176 Å². The van der Waals surface area contributed by atoms with Crippen molar-refractivity contribution in [3.05, 3.63) is 51.9 Å². The summed E-state index contributed by atoms with van der Waals surface area (Å²) in [4.78, 5) is 25.3. The zero-order valence-corrected chi connectivity index (χ0v) is 18.2. The van der Waals surface area contributed by atoms with Gasteiger partial charge >= 0.3 is 0 Å². The molecule has 0 aliphatic rings. The van der Waals surface area contributed by atoms with Crippen molar-refractivity contribution in [3.63, 3.8) is 0 Å². The lowest BCUT2D eigenvalue weighted by Crippen LogP contribution is -2.28. The number of hydrogen-bond donors (Lipinski definition) is 1. The zero-order valence-electron chi connectivity index (χ0n) is 18.2. The quantitative estimate of drug-likeness (QED) is 0.549. The normalized spacial score (nSPS) is 11.1. The van der Waals surface area contributed by atoms with Crippen molar-refractivity contribution in [3.8, 4) is 17.0 Å². The molecule has 1 N–H and O–H groups in total. The molecular weight excluding hydrogens is 380 g/mol. The highest BCUT2D eigenvalue weighted by molar-refractivity contribution is 5.76. The van der Waals surface area contributed by atoms with Crippen molar-refractivity contribution < 1.29 is 9.53 Å². The highest BCUT2D eigenvalue weighted by Gasteiger charge is 2.18. The number of hydrogen-bond acceptors (Lipinski definition) is 4. The average molecular weight is 411 g/mol. The Hall–Kier alpha value is -3.09. The smallest absolute Gasteiger partial charge is 0.277 e. The minimum Gasteiger partial charge on any atom is -0.496 e. The van der Waals surface area contributed by atoms with Gasteiger partial charge in [0.15, 0.2) is 0 Å². The first-order valence-electron chi connectivity index (χ1n) is 10.5. The standard InChI is InChI=1S/C23H30N4O3/c1-5-7-14-24-21(28)13-12-17-16(3)26(6-2)22-15-19(25-27(22)23(17)29)18-10-8-9-11-20(18)30-4/h8-11,15H,5-7,12-14H2,1-4H3,(H,24,28). The van der Waals surface area contributed by atoms with Crippen molar-refractivity contribution in [2.45, 2.75) is 53.0 Å². The van der Waals surface area contributed by atoms with Crippen molar-refractivity contribution in [1.82, 2.24) is 19.5 Å². The van der Waals surface area contributed by atoms with Crippen molar-refractivity contribution in [2.24, 2.45) is 0 Å². The van der Waals surface area contributed by atoms with E-state index in [-0.39, 0.29) is 17.9 Å². The number of unbranched alkanes of at least 4 members (excludes halogenated alkanes) is 1.